The van der Waals surface area contributed by atoms with Crippen LogP contribution < -0.4 is 0 Å². The third kappa shape index (κ3) is 2.30. The standard InChI is InChI=1S/C15H29N/c1-12(2)13-7-6-8-15(9-13)10-16(11-15)14(3,4)5/h12-13H,6-11H2,1-5H3. The van der Waals surface area contributed by atoms with Crippen molar-refractivity contribution in [3.05, 3.63) is 0 Å². The van der Waals surface area contributed by atoms with Crippen molar-refractivity contribution in [3.63, 3.8) is 0 Å². The van der Waals surface area contributed by atoms with Gasteiger partial charge in [0.15, 0.2) is 0 Å². The van der Waals surface area contributed by atoms with Gasteiger partial charge in [-0.15, -0.1) is 0 Å². The van der Waals surface area contributed by atoms with E-state index in [4.69, 9.17) is 0 Å². The first-order valence-electron chi connectivity index (χ1n) is 7.07. The smallest absolute Gasteiger partial charge is 0.0125 e. The van der Waals surface area contributed by atoms with Gasteiger partial charge in [-0.05, 0) is 50.9 Å². The van der Waals surface area contributed by atoms with Crippen molar-refractivity contribution in [1.82, 2.24) is 4.90 Å². The molecule has 1 aliphatic carbocycles. The average molecular weight is 223 g/mol. The summed E-state index contributed by atoms with van der Waals surface area (Å²) in [6, 6.07) is 0. The van der Waals surface area contributed by atoms with Crippen LogP contribution in [-0.4, -0.2) is 23.5 Å². The van der Waals surface area contributed by atoms with Crippen molar-refractivity contribution in [2.45, 2.75) is 65.8 Å². The Kier molecular flexibility index (Phi) is 3.11. The van der Waals surface area contributed by atoms with E-state index in [1.54, 1.807) is 0 Å². The summed E-state index contributed by atoms with van der Waals surface area (Å²) >= 11 is 0. The van der Waals surface area contributed by atoms with Crippen molar-refractivity contribution < 1.29 is 0 Å². The first-order chi connectivity index (χ1) is 7.32. The van der Waals surface area contributed by atoms with E-state index in [-0.39, 0.29) is 0 Å². The predicted octanol–water partition coefficient (Wildman–Crippen LogP) is 3.93. The van der Waals surface area contributed by atoms with Gasteiger partial charge < -0.3 is 0 Å². The van der Waals surface area contributed by atoms with Gasteiger partial charge in [-0.25, -0.2) is 0 Å². The number of hydrogen-bond acceptors (Lipinski definition) is 1. The summed E-state index contributed by atoms with van der Waals surface area (Å²) in [4.78, 5) is 2.66. The van der Waals surface area contributed by atoms with Crippen molar-refractivity contribution in [1.29, 1.82) is 0 Å². The van der Waals surface area contributed by atoms with Gasteiger partial charge >= 0.3 is 0 Å². The minimum Gasteiger partial charge on any atom is -0.297 e. The summed E-state index contributed by atoms with van der Waals surface area (Å²) in [7, 11) is 0. The van der Waals surface area contributed by atoms with Crippen molar-refractivity contribution in [2.24, 2.45) is 17.3 Å². The molecular weight excluding hydrogens is 194 g/mol. The molecular formula is C15H29N. The molecule has 2 rings (SSSR count). The highest BCUT2D eigenvalue weighted by atomic mass is 15.3. The maximum absolute atomic E-state index is 2.66. The SMILES string of the molecule is CC(C)C1CCCC2(C1)CN(C(C)(C)C)C2. The summed E-state index contributed by atoms with van der Waals surface area (Å²) < 4.78 is 0. The topological polar surface area (TPSA) is 3.24 Å². The minimum atomic E-state index is 0.385. The van der Waals surface area contributed by atoms with Gasteiger partial charge in [0.2, 0.25) is 0 Å². The number of likely N-dealkylation sites (tertiary alicyclic amines) is 1. The Labute approximate surface area is 102 Å². The van der Waals surface area contributed by atoms with Crippen LogP contribution in [0.15, 0.2) is 0 Å². The molecule has 1 aliphatic heterocycles. The highest BCUT2D eigenvalue weighted by molar-refractivity contribution is 5.02. The van der Waals surface area contributed by atoms with Crippen LogP contribution in [0.5, 0.6) is 0 Å². The molecule has 16 heavy (non-hydrogen) atoms. The third-order valence-corrected chi connectivity index (χ3v) is 4.92. The van der Waals surface area contributed by atoms with E-state index >= 15 is 0 Å². The molecule has 0 aromatic carbocycles. The lowest BCUT2D eigenvalue weighted by atomic mass is 9.62. The second kappa shape index (κ2) is 4.01. The Morgan fingerprint density at radius 1 is 1.19 bits per heavy atom. The molecule has 0 radical (unpaired) electrons. The molecule has 1 spiro atoms. The largest absolute Gasteiger partial charge is 0.297 e. The van der Waals surface area contributed by atoms with Crippen LogP contribution in [0, 0.1) is 17.3 Å². The fourth-order valence-electron chi connectivity index (χ4n) is 3.59. The van der Waals surface area contributed by atoms with E-state index in [9.17, 15) is 0 Å². The second-order valence-electron chi connectivity index (χ2n) is 7.63. The van der Waals surface area contributed by atoms with Crippen molar-refractivity contribution >= 4 is 0 Å². The van der Waals surface area contributed by atoms with E-state index < -0.39 is 0 Å². The zero-order chi connectivity index (χ0) is 12.0. The average Bonchev–Trinajstić information content (AvgIpc) is 2.12. The molecule has 0 amide bonds. The van der Waals surface area contributed by atoms with Crippen molar-refractivity contribution in [2.75, 3.05) is 13.1 Å². The molecule has 1 saturated carbocycles. The Bertz CT molecular complexity index is 243. The van der Waals surface area contributed by atoms with Gasteiger partial charge in [0.1, 0.15) is 0 Å². The molecule has 94 valence electrons. The van der Waals surface area contributed by atoms with E-state index in [0.29, 0.717) is 11.0 Å². The number of rotatable bonds is 1. The highest BCUT2D eigenvalue weighted by Gasteiger charge is 2.48. The summed E-state index contributed by atoms with van der Waals surface area (Å²) in [6.07, 6.45) is 5.94. The highest BCUT2D eigenvalue weighted by Crippen LogP contribution is 2.49. The van der Waals surface area contributed by atoms with Gasteiger partial charge in [-0.2, -0.15) is 0 Å². The Morgan fingerprint density at radius 2 is 1.81 bits per heavy atom. The fourth-order valence-corrected chi connectivity index (χ4v) is 3.59. The molecule has 1 saturated heterocycles. The molecule has 1 heteroatoms. The Morgan fingerprint density at radius 3 is 2.31 bits per heavy atom. The quantitative estimate of drug-likeness (QED) is 0.651. The van der Waals surface area contributed by atoms with Crippen molar-refractivity contribution in [3.8, 4) is 0 Å². The molecule has 2 aliphatic rings. The van der Waals surface area contributed by atoms with E-state index in [1.807, 2.05) is 0 Å². The van der Waals surface area contributed by atoms with E-state index in [1.165, 1.54) is 38.8 Å². The van der Waals surface area contributed by atoms with Crippen LogP contribution in [0.25, 0.3) is 0 Å². The van der Waals surface area contributed by atoms with Crippen LogP contribution in [0.1, 0.15) is 60.3 Å². The maximum atomic E-state index is 2.66. The molecule has 1 unspecified atom stereocenters. The summed E-state index contributed by atoms with van der Waals surface area (Å²) in [5, 5.41) is 0. The lowest BCUT2D eigenvalue weighted by molar-refractivity contribution is -0.0934. The lowest BCUT2D eigenvalue weighted by Gasteiger charge is -2.59. The third-order valence-electron chi connectivity index (χ3n) is 4.92. The molecule has 1 atom stereocenters. The minimum absolute atomic E-state index is 0.385. The zero-order valence-electron chi connectivity index (χ0n) is 11.8. The second-order valence-corrected chi connectivity index (χ2v) is 7.63. The molecule has 0 aromatic rings. The monoisotopic (exact) mass is 223 g/mol. The van der Waals surface area contributed by atoms with Crippen LogP contribution in [0.2, 0.25) is 0 Å². The molecule has 0 bridgehead atoms. The van der Waals surface area contributed by atoms with E-state index in [0.717, 1.165) is 11.8 Å². The van der Waals surface area contributed by atoms with Crippen LogP contribution in [0.3, 0.4) is 0 Å². The van der Waals surface area contributed by atoms with Gasteiger partial charge in [0, 0.05) is 18.6 Å². The van der Waals surface area contributed by atoms with Crippen LogP contribution in [0.4, 0.5) is 0 Å². The lowest BCUT2D eigenvalue weighted by Crippen LogP contribution is -2.63. The number of nitrogens with zero attached hydrogens (tertiary/aromatic N) is 1. The first-order valence-corrected chi connectivity index (χ1v) is 7.07. The Balaban J connectivity index is 1.92. The first kappa shape index (κ1) is 12.4. The normalized spacial score (nSPS) is 30.8. The molecule has 1 nitrogen and oxygen atoms in total. The van der Waals surface area contributed by atoms with Crippen LogP contribution in [-0.2, 0) is 0 Å². The van der Waals surface area contributed by atoms with E-state index in [2.05, 4.69) is 39.5 Å². The zero-order valence-corrected chi connectivity index (χ0v) is 11.8. The molecule has 0 aromatic heterocycles. The summed E-state index contributed by atoms with van der Waals surface area (Å²) in [5.41, 5.74) is 1.09. The van der Waals surface area contributed by atoms with Gasteiger partial charge in [0.25, 0.3) is 0 Å². The maximum Gasteiger partial charge on any atom is 0.0125 e. The van der Waals surface area contributed by atoms with Gasteiger partial charge in [-0.1, -0.05) is 26.7 Å². The fraction of sp³-hybridized carbons (Fsp3) is 1.00. The Hall–Kier alpha value is -0.0400. The summed E-state index contributed by atoms with van der Waals surface area (Å²) in [6.45, 7) is 14.6. The molecule has 2 fully saturated rings. The van der Waals surface area contributed by atoms with Gasteiger partial charge in [-0.3, -0.25) is 4.90 Å². The molecule has 1 heterocycles. The number of hydrogen-bond donors (Lipinski definition) is 0. The predicted molar refractivity (Wildman–Crippen MR) is 70.6 cm³/mol. The molecule has 0 N–H and O–H groups in total. The summed E-state index contributed by atoms with van der Waals surface area (Å²) in [5.74, 6) is 1.89. The van der Waals surface area contributed by atoms with Crippen LogP contribution >= 0.6 is 0 Å². The van der Waals surface area contributed by atoms with Gasteiger partial charge in [0.05, 0.1) is 0 Å².